The van der Waals surface area contributed by atoms with E-state index in [1.54, 1.807) is 15.2 Å². The summed E-state index contributed by atoms with van der Waals surface area (Å²) in [5.74, 6) is 0. The molecular weight excluding hydrogens is 290 g/mol. The van der Waals surface area contributed by atoms with Crippen LogP contribution in [0.15, 0.2) is 17.3 Å². The summed E-state index contributed by atoms with van der Waals surface area (Å²) in [6.07, 6.45) is 4.01. The molecule has 120 valence electrons. The maximum atomic E-state index is 12.7. The average molecular weight is 315 g/mol. The molecule has 0 spiro atoms. The monoisotopic (exact) mass is 315 g/mol. The zero-order valence-electron chi connectivity index (χ0n) is 13.0. The van der Waals surface area contributed by atoms with Crippen molar-refractivity contribution in [2.45, 2.75) is 30.8 Å². The second-order valence-corrected chi connectivity index (χ2v) is 7.39. The molecule has 0 bridgehead atoms. The smallest absolute Gasteiger partial charge is 0.246 e. The van der Waals surface area contributed by atoms with Gasteiger partial charge in [0, 0.05) is 38.4 Å². The Kier molecular flexibility index (Phi) is 5.37. The second kappa shape index (κ2) is 6.87. The minimum atomic E-state index is -3.43. The fourth-order valence-corrected chi connectivity index (χ4v) is 3.98. The number of rotatable bonds is 6. The summed E-state index contributed by atoms with van der Waals surface area (Å²) in [6.45, 7) is 5.37. The predicted molar refractivity (Wildman–Crippen MR) is 81.6 cm³/mol. The van der Waals surface area contributed by atoms with Crippen molar-refractivity contribution < 1.29 is 8.42 Å². The standard InChI is InChI=1S/C13H25N5O2S/c1-4-12-10-18(8-7-16(12)3)21(19,20)13-9-15-17(11-13)6-5-14-2/h9,11-12,14H,4-8,10H2,1-3H3. The van der Waals surface area contributed by atoms with Crippen molar-refractivity contribution >= 4 is 10.0 Å². The molecule has 0 amide bonds. The number of likely N-dealkylation sites (N-methyl/N-ethyl adjacent to an activating group) is 2. The van der Waals surface area contributed by atoms with Crippen molar-refractivity contribution in [3.8, 4) is 0 Å². The van der Waals surface area contributed by atoms with Gasteiger partial charge >= 0.3 is 0 Å². The lowest BCUT2D eigenvalue weighted by molar-refractivity contribution is 0.144. The molecule has 1 aliphatic heterocycles. The van der Waals surface area contributed by atoms with Crippen LogP contribution in [0, 0.1) is 0 Å². The van der Waals surface area contributed by atoms with E-state index in [0.29, 0.717) is 19.6 Å². The molecule has 1 aromatic rings. The Balaban J connectivity index is 2.12. The lowest BCUT2D eigenvalue weighted by Gasteiger charge is -2.38. The van der Waals surface area contributed by atoms with Crippen molar-refractivity contribution in [2.75, 3.05) is 40.3 Å². The normalized spacial score (nSPS) is 21.8. The molecule has 21 heavy (non-hydrogen) atoms. The van der Waals surface area contributed by atoms with E-state index in [1.165, 1.54) is 6.20 Å². The predicted octanol–water partition coefficient (Wildman–Crippen LogP) is -0.183. The van der Waals surface area contributed by atoms with Gasteiger partial charge in [0.25, 0.3) is 0 Å². The quantitative estimate of drug-likeness (QED) is 0.788. The molecule has 1 fully saturated rings. The number of nitrogens with zero attached hydrogens (tertiary/aromatic N) is 4. The Morgan fingerprint density at radius 1 is 1.43 bits per heavy atom. The van der Waals surface area contributed by atoms with Gasteiger partial charge in [-0.1, -0.05) is 6.92 Å². The van der Waals surface area contributed by atoms with Gasteiger partial charge in [-0.15, -0.1) is 0 Å². The number of aromatic nitrogens is 2. The van der Waals surface area contributed by atoms with Crippen molar-refractivity contribution in [2.24, 2.45) is 0 Å². The second-order valence-electron chi connectivity index (χ2n) is 5.45. The first-order valence-electron chi connectivity index (χ1n) is 7.36. The SMILES string of the molecule is CCC1CN(S(=O)(=O)c2cnn(CCNC)c2)CCN1C. The van der Waals surface area contributed by atoms with Gasteiger partial charge in [0.15, 0.2) is 0 Å². The van der Waals surface area contributed by atoms with Crippen LogP contribution in [0.25, 0.3) is 0 Å². The van der Waals surface area contributed by atoms with Crippen LogP contribution in [0.5, 0.6) is 0 Å². The zero-order valence-corrected chi connectivity index (χ0v) is 13.8. The van der Waals surface area contributed by atoms with Crippen LogP contribution in [-0.4, -0.2) is 73.7 Å². The van der Waals surface area contributed by atoms with Crippen LogP contribution in [0.3, 0.4) is 0 Å². The van der Waals surface area contributed by atoms with E-state index >= 15 is 0 Å². The van der Waals surface area contributed by atoms with E-state index < -0.39 is 10.0 Å². The third-order valence-corrected chi connectivity index (χ3v) is 5.87. The summed E-state index contributed by atoms with van der Waals surface area (Å²) in [5, 5.41) is 7.15. The van der Waals surface area contributed by atoms with Gasteiger partial charge in [-0.2, -0.15) is 9.40 Å². The maximum Gasteiger partial charge on any atom is 0.246 e. The third-order valence-electron chi connectivity index (χ3n) is 4.05. The maximum absolute atomic E-state index is 12.7. The van der Waals surface area contributed by atoms with E-state index in [1.807, 2.05) is 14.1 Å². The van der Waals surface area contributed by atoms with Crippen molar-refractivity contribution in [3.63, 3.8) is 0 Å². The number of sulfonamides is 1. The fourth-order valence-electron chi connectivity index (χ4n) is 2.55. The molecule has 2 heterocycles. The lowest BCUT2D eigenvalue weighted by Crippen LogP contribution is -2.52. The van der Waals surface area contributed by atoms with Crippen LogP contribution in [0.1, 0.15) is 13.3 Å². The molecule has 1 unspecified atom stereocenters. The summed E-state index contributed by atoms with van der Waals surface area (Å²) in [6, 6.07) is 0.285. The van der Waals surface area contributed by atoms with E-state index in [0.717, 1.165) is 19.5 Å². The molecule has 1 N–H and O–H groups in total. The first kappa shape index (κ1) is 16.4. The molecule has 1 atom stereocenters. The molecule has 7 nitrogen and oxygen atoms in total. The van der Waals surface area contributed by atoms with Gasteiger partial charge in [0.05, 0.1) is 12.7 Å². The van der Waals surface area contributed by atoms with Crippen LogP contribution in [0.4, 0.5) is 0 Å². The van der Waals surface area contributed by atoms with Crippen LogP contribution >= 0.6 is 0 Å². The molecule has 1 aliphatic rings. The highest BCUT2D eigenvalue weighted by Crippen LogP contribution is 2.20. The fraction of sp³-hybridized carbons (Fsp3) is 0.769. The minimum absolute atomic E-state index is 0.285. The first-order valence-corrected chi connectivity index (χ1v) is 8.80. The van der Waals surface area contributed by atoms with E-state index in [2.05, 4.69) is 22.2 Å². The Hall–Kier alpha value is -0.960. The van der Waals surface area contributed by atoms with Crippen molar-refractivity contribution in [3.05, 3.63) is 12.4 Å². The van der Waals surface area contributed by atoms with Crippen molar-refractivity contribution in [1.29, 1.82) is 0 Å². The van der Waals surface area contributed by atoms with Gasteiger partial charge in [0.1, 0.15) is 4.90 Å². The molecular formula is C13H25N5O2S. The van der Waals surface area contributed by atoms with Gasteiger partial charge in [0.2, 0.25) is 10.0 Å². The third kappa shape index (κ3) is 3.63. The number of hydrogen-bond acceptors (Lipinski definition) is 5. The zero-order chi connectivity index (χ0) is 15.5. The van der Waals surface area contributed by atoms with Crippen LogP contribution in [0.2, 0.25) is 0 Å². The molecule has 1 saturated heterocycles. The number of nitrogens with one attached hydrogen (secondary N) is 1. The molecule has 8 heteroatoms. The topological polar surface area (TPSA) is 70.5 Å². The summed E-state index contributed by atoms with van der Waals surface area (Å²) in [4.78, 5) is 2.51. The van der Waals surface area contributed by atoms with Gasteiger partial charge in [-0.3, -0.25) is 4.68 Å². The van der Waals surface area contributed by atoms with Crippen LogP contribution < -0.4 is 5.32 Å². The molecule has 0 radical (unpaired) electrons. The summed E-state index contributed by atoms with van der Waals surface area (Å²) in [7, 11) is 0.477. The first-order chi connectivity index (χ1) is 9.98. The lowest BCUT2D eigenvalue weighted by atomic mass is 10.1. The highest BCUT2D eigenvalue weighted by Gasteiger charge is 2.32. The Labute approximate surface area is 127 Å². The summed E-state index contributed by atoms with van der Waals surface area (Å²) >= 11 is 0. The largest absolute Gasteiger partial charge is 0.318 e. The number of hydrogen-bond donors (Lipinski definition) is 1. The summed E-state index contributed by atoms with van der Waals surface area (Å²) < 4.78 is 28.6. The Bertz CT molecular complexity index is 557. The molecule has 0 aliphatic carbocycles. The summed E-state index contributed by atoms with van der Waals surface area (Å²) in [5.41, 5.74) is 0. The van der Waals surface area contributed by atoms with E-state index in [-0.39, 0.29) is 10.9 Å². The van der Waals surface area contributed by atoms with Crippen molar-refractivity contribution in [1.82, 2.24) is 24.3 Å². The molecule has 0 saturated carbocycles. The van der Waals surface area contributed by atoms with Gasteiger partial charge in [-0.05, 0) is 20.5 Å². The minimum Gasteiger partial charge on any atom is -0.318 e. The highest BCUT2D eigenvalue weighted by molar-refractivity contribution is 7.89. The molecule has 0 aromatic carbocycles. The highest BCUT2D eigenvalue weighted by atomic mass is 32.2. The van der Waals surface area contributed by atoms with E-state index in [4.69, 9.17) is 0 Å². The Morgan fingerprint density at radius 3 is 2.86 bits per heavy atom. The van der Waals surface area contributed by atoms with Gasteiger partial charge < -0.3 is 10.2 Å². The van der Waals surface area contributed by atoms with Gasteiger partial charge in [-0.25, -0.2) is 8.42 Å². The van der Waals surface area contributed by atoms with Crippen LogP contribution in [-0.2, 0) is 16.6 Å². The molecule has 2 rings (SSSR count). The van der Waals surface area contributed by atoms with E-state index in [9.17, 15) is 8.42 Å². The molecule has 1 aromatic heterocycles. The average Bonchev–Trinajstić information content (AvgIpc) is 2.95. The Morgan fingerprint density at radius 2 is 2.19 bits per heavy atom. The number of piperazine rings is 1.